The van der Waals surface area contributed by atoms with E-state index in [0.29, 0.717) is 33.0 Å². The normalized spacial score (nSPS) is 14.9. The van der Waals surface area contributed by atoms with Crippen LogP contribution in [0.25, 0.3) is 6.08 Å². The number of aryl methyl sites for hydroxylation is 1. The summed E-state index contributed by atoms with van der Waals surface area (Å²) in [6, 6.07) is 16.4. The minimum absolute atomic E-state index is 0.0229. The highest BCUT2D eigenvalue weighted by molar-refractivity contribution is 8.18. The van der Waals surface area contributed by atoms with Crippen LogP contribution < -0.4 is 10.6 Å². The number of benzene rings is 3. The molecule has 0 aliphatic carbocycles. The van der Waals surface area contributed by atoms with Gasteiger partial charge in [0.2, 0.25) is 5.91 Å². The molecule has 0 unspecified atom stereocenters. The van der Waals surface area contributed by atoms with Crippen LogP contribution in [0, 0.1) is 34.1 Å². The maximum Gasteiger partial charge on any atom is 0.283 e. The lowest BCUT2D eigenvalue weighted by Gasteiger charge is -2.06. The van der Waals surface area contributed by atoms with Crippen molar-refractivity contribution >= 4 is 69.3 Å². The van der Waals surface area contributed by atoms with Crippen LogP contribution in [-0.2, 0) is 9.59 Å². The third kappa shape index (κ3) is 6.89. The average Bonchev–Trinajstić information content (AvgIpc) is 3.23. The van der Waals surface area contributed by atoms with Crippen molar-refractivity contribution in [1.29, 1.82) is 0 Å². The van der Waals surface area contributed by atoms with Gasteiger partial charge in [0.1, 0.15) is 0 Å². The van der Waals surface area contributed by atoms with Crippen LogP contribution in [0.3, 0.4) is 0 Å². The van der Waals surface area contributed by atoms with Crippen LogP contribution >= 0.6 is 23.5 Å². The molecular formula is C26H21N5O6S2. The average molecular weight is 564 g/mol. The van der Waals surface area contributed by atoms with Gasteiger partial charge in [-0.15, -0.1) is 11.8 Å². The first-order chi connectivity index (χ1) is 18.6. The van der Waals surface area contributed by atoms with Gasteiger partial charge in [-0.3, -0.25) is 29.8 Å². The van der Waals surface area contributed by atoms with E-state index in [4.69, 9.17) is 0 Å². The highest BCUT2D eigenvalue weighted by Crippen LogP contribution is 2.34. The molecule has 1 saturated heterocycles. The zero-order chi connectivity index (χ0) is 28.1. The standard InChI is InChI=1S/C26H21N5O6S2/c1-15-10-19(13-20(16(15)2)30(34)35)28-26-29-25(33)23(39-26)12-17-8-9-22(21(11-17)31(36)37)38-14-24(32)27-18-6-4-3-5-7-18/h3-13H,14H2,1-2H3,(H,27,32)(H,28,29,33)/b23-12-. The van der Waals surface area contributed by atoms with Crippen LogP contribution in [0.5, 0.6) is 0 Å². The topological polar surface area (TPSA) is 157 Å². The Morgan fingerprint density at radius 2 is 1.77 bits per heavy atom. The van der Waals surface area contributed by atoms with E-state index in [1.807, 2.05) is 6.07 Å². The van der Waals surface area contributed by atoms with E-state index in [1.54, 1.807) is 50.2 Å². The molecule has 0 radical (unpaired) electrons. The molecule has 0 saturated carbocycles. The van der Waals surface area contributed by atoms with Crippen LogP contribution in [0.4, 0.5) is 22.7 Å². The first kappa shape index (κ1) is 27.5. The van der Waals surface area contributed by atoms with Gasteiger partial charge in [0.25, 0.3) is 17.3 Å². The number of rotatable bonds is 8. The van der Waals surface area contributed by atoms with E-state index in [9.17, 15) is 29.8 Å². The number of nitro groups is 2. The number of nitro benzene ring substituents is 2. The molecule has 0 bridgehead atoms. The van der Waals surface area contributed by atoms with Crippen molar-refractivity contribution in [2.45, 2.75) is 18.7 Å². The largest absolute Gasteiger partial charge is 0.325 e. The Morgan fingerprint density at radius 3 is 2.46 bits per heavy atom. The summed E-state index contributed by atoms with van der Waals surface area (Å²) >= 11 is 2.05. The van der Waals surface area contributed by atoms with Crippen molar-refractivity contribution in [3.05, 3.63) is 102 Å². The summed E-state index contributed by atoms with van der Waals surface area (Å²) in [5.74, 6) is -0.771. The number of nitrogens with zero attached hydrogens (tertiary/aromatic N) is 3. The number of carbonyl (C=O) groups excluding carboxylic acids is 2. The number of amides is 2. The first-order valence-corrected chi connectivity index (χ1v) is 13.2. The summed E-state index contributed by atoms with van der Waals surface area (Å²) in [5, 5.41) is 28.6. The fourth-order valence-electron chi connectivity index (χ4n) is 3.58. The molecule has 39 heavy (non-hydrogen) atoms. The Bertz CT molecular complexity index is 1560. The van der Waals surface area contributed by atoms with E-state index < -0.39 is 15.8 Å². The monoisotopic (exact) mass is 563 g/mol. The van der Waals surface area contributed by atoms with Crippen molar-refractivity contribution in [3.8, 4) is 0 Å². The Morgan fingerprint density at radius 1 is 1.05 bits per heavy atom. The fourth-order valence-corrected chi connectivity index (χ4v) is 5.22. The maximum absolute atomic E-state index is 12.5. The number of thioether (sulfide) groups is 2. The lowest BCUT2D eigenvalue weighted by molar-refractivity contribution is -0.387. The molecule has 3 aromatic rings. The summed E-state index contributed by atoms with van der Waals surface area (Å²) < 4.78 is 0. The van der Waals surface area contributed by atoms with Gasteiger partial charge in [0, 0.05) is 23.4 Å². The van der Waals surface area contributed by atoms with Crippen molar-refractivity contribution < 1.29 is 19.4 Å². The van der Waals surface area contributed by atoms with E-state index in [-0.39, 0.29) is 33.1 Å². The van der Waals surface area contributed by atoms with Crippen molar-refractivity contribution in [1.82, 2.24) is 5.32 Å². The summed E-state index contributed by atoms with van der Waals surface area (Å²) in [6.45, 7) is 3.39. The summed E-state index contributed by atoms with van der Waals surface area (Å²) in [5.41, 5.74) is 2.33. The molecule has 198 valence electrons. The van der Waals surface area contributed by atoms with E-state index in [1.165, 1.54) is 24.3 Å². The molecular weight excluding hydrogens is 542 g/mol. The minimum Gasteiger partial charge on any atom is -0.325 e. The number of aliphatic imine (C=N–C) groups is 1. The van der Waals surface area contributed by atoms with Crippen LogP contribution in [0.15, 0.2) is 75.5 Å². The van der Waals surface area contributed by atoms with Gasteiger partial charge in [0.05, 0.1) is 31.1 Å². The third-order valence-corrected chi connectivity index (χ3v) is 7.57. The number of hydrogen-bond donors (Lipinski definition) is 2. The number of para-hydroxylation sites is 1. The lowest BCUT2D eigenvalue weighted by Crippen LogP contribution is -2.19. The number of hydrogen-bond acceptors (Lipinski definition) is 9. The predicted molar refractivity (Wildman–Crippen MR) is 152 cm³/mol. The molecule has 1 heterocycles. The first-order valence-electron chi connectivity index (χ1n) is 11.4. The Labute approximate surface area is 231 Å². The van der Waals surface area contributed by atoms with Gasteiger partial charge in [0.15, 0.2) is 5.17 Å². The van der Waals surface area contributed by atoms with E-state index >= 15 is 0 Å². The van der Waals surface area contributed by atoms with Gasteiger partial charge in [-0.1, -0.05) is 24.3 Å². The van der Waals surface area contributed by atoms with Gasteiger partial charge in [-0.05, 0) is 67.1 Å². The van der Waals surface area contributed by atoms with Gasteiger partial charge >= 0.3 is 0 Å². The third-order valence-electron chi connectivity index (χ3n) is 5.60. The summed E-state index contributed by atoms with van der Waals surface area (Å²) in [6.07, 6.45) is 1.49. The minimum atomic E-state index is -0.541. The Balaban J connectivity index is 1.50. The van der Waals surface area contributed by atoms with Crippen molar-refractivity contribution in [2.75, 3.05) is 11.1 Å². The molecule has 2 amide bonds. The molecule has 3 aromatic carbocycles. The SMILES string of the molecule is Cc1cc(N=C2NC(=O)/C(=C/c3ccc(SCC(=O)Nc4ccccc4)c([N+](=O)[O-])c3)S2)cc([N+](=O)[O-])c1C. The van der Waals surface area contributed by atoms with Crippen LogP contribution in [-0.4, -0.2) is 32.6 Å². The second kappa shape index (κ2) is 11.9. The quantitative estimate of drug-likeness (QED) is 0.152. The molecule has 2 N–H and O–H groups in total. The lowest BCUT2D eigenvalue weighted by atomic mass is 10.1. The Hall–Kier alpha value is -4.49. The zero-order valence-electron chi connectivity index (χ0n) is 20.7. The van der Waals surface area contributed by atoms with Crippen LogP contribution in [0.1, 0.15) is 16.7 Å². The summed E-state index contributed by atoms with van der Waals surface area (Å²) in [7, 11) is 0. The number of carbonyl (C=O) groups is 2. The Kier molecular flexibility index (Phi) is 8.42. The van der Waals surface area contributed by atoms with Gasteiger partial charge in [-0.2, -0.15) is 0 Å². The second-order valence-electron chi connectivity index (χ2n) is 8.33. The highest BCUT2D eigenvalue weighted by atomic mass is 32.2. The molecule has 11 nitrogen and oxygen atoms in total. The molecule has 1 fully saturated rings. The van der Waals surface area contributed by atoms with E-state index in [2.05, 4.69) is 15.6 Å². The van der Waals surface area contributed by atoms with Gasteiger partial charge in [-0.25, -0.2) is 4.99 Å². The second-order valence-corrected chi connectivity index (χ2v) is 10.4. The molecule has 1 aliphatic heterocycles. The molecule has 0 spiro atoms. The molecule has 0 aromatic heterocycles. The maximum atomic E-state index is 12.5. The van der Waals surface area contributed by atoms with E-state index in [0.717, 1.165) is 23.5 Å². The highest BCUT2D eigenvalue weighted by Gasteiger charge is 2.25. The molecule has 0 atom stereocenters. The number of amidine groups is 1. The summed E-state index contributed by atoms with van der Waals surface area (Å²) in [4.78, 5) is 51.7. The van der Waals surface area contributed by atoms with Gasteiger partial charge < -0.3 is 10.6 Å². The van der Waals surface area contributed by atoms with Crippen LogP contribution in [0.2, 0.25) is 0 Å². The van der Waals surface area contributed by atoms with Crippen molar-refractivity contribution in [3.63, 3.8) is 0 Å². The smallest absolute Gasteiger partial charge is 0.283 e. The number of nitrogens with one attached hydrogen (secondary N) is 2. The fraction of sp³-hybridized carbons (Fsp3) is 0.115. The van der Waals surface area contributed by atoms with Crippen molar-refractivity contribution in [2.24, 2.45) is 4.99 Å². The predicted octanol–water partition coefficient (Wildman–Crippen LogP) is 5.74. The number of anilines is 1. The zero-order valence-corrected chi connectivity index (χ0v) is 22.3. The molecule has 1 aliphatic rings. The molecule has 4 rings (SSSR count). The molecule has 13 heteroatoms.